The molecule has 1 rings (SSSR count). The van der Waals surface area contributed by atoms with Crippen molar-refractivity contribution in [2.45, 2.75) is 13.5 Å². The molecule has 0 heterocycles. The van der Waals surface area contributed by atoms with Crippen molar-refractivity contribution in [3.05, 3.63) is 39.9 Å². The Hall–Kier alpha value is -0.910. The molecular weight excluding hydrogens is 209 g/mol. The van der Waals surface area contributed by atoms with Crippen LogP contribution in [0.3, 0.4) is 0 Å². The normalized spacial score (nSPS) is 8.87. The van der Waals surface area contributed by atoms with Crippen molar-refractivity contribution in [3.8, 4) is 0 Å². The van der Waals surface area contributed by atoms with Gasteiger partial charge in [0.15, 0.2) is 0 Å². The number of esters is 1. The van der Waals surface area contributed by atoms with Crippen LogP contribution in [0.4, 0.5) is 5.69 Å². The number of ether oxygens (including phenoxy) is 1. The van der Waals surface area contributed by atoms with E-state index in [4.69, 9.17) is 0 Å². The number of carbonyl (C=O) groups excluding carboxylic acids is 1. The molecule has 5 nitrogen and oxygen atoms in total. The topological polar surface area (TPSA) is 69.4 Å². The van der Waals surface area contributed by atoms with Gasteiger partial charge < -0.3 is 4.74 Å². The molecule has 0 amide bonds. The summed E-state index contributed by atoms with van der Waals surface area (Å²) < 4.78 is 4.68. The van der Waals surface area contributed by atoms with Crippen LogP contribution in [0, 0.1) is 10.1 Å². The maximum absolute atomic E-state index is 10.5. The number of carbonyl (C=O) groups is 1. The van der Waals surface area contributed by atoms with E-state index in [0.717, 1.165) is 0 Å². The fourth-order valence-corrected chi connectivity index (χ4v) is 0.990. The molecule has 0 radical (unpaired) electrons. The predicted octanol–water partition coefficient (Wildman–Crippen LogP) is 1.01. The predicted molar refractivity (Wildman–Crippen MR) is 55.7 cm³/mol. The Morgan fingerprint density at radius 1 is 1.47 bits per heavy atom. The number of benzene rings is 1. The Morgan fingerprint density at radius 2 is 2.07 bits per heavy atom. The monoisotopic (exact) mass is 219 g/mol. The molecule has 0 saturated carbocycles. The fraction of sp³-hybridized carbons (Fsp3) is 0.222. The number of hydrogen-bond acceptors (Lipinski definition) is 4. The van der Waals surface area contributed by atoms with Gasteiger partial charge in [-0.15, -0.1) is 0 Å². The molecule has 0 saturated heterocycles. The second-order valence-electron chi connectivity index (χ2n) is 2.67. The zero-order valence-electron chi connectivity index (χ0n) is 7.60. The van der Waals surface area contributed by atoms with Crippen molar-refractivity contribution >= 4 is 41.2 Å². The first-order valence-corrected chi connectivity index (χ1v) is 3.97. The number of hydrogen-bond donors (Lipinski definition) is 0. The summed E-state index contributed by atoms with van der Waals surface area (Å²) >= 11 is 0. The van der Waals surface area contributed by atoms with E-state index in [9.17, 15) is 14.9 Å². The minimum absolute atomic E-state index is 0. The molecule has 0 atom stereocenters. The Morgan fingerprint density at radius 3 is 2.60 bits per heavy atom. The van der Waals surface area contributed by atoms with E-state index in [0.29, 0.717) is 5.56 Å². The third-order valence-corrected chi connectivity index (χ3v) is 1.62. The molecule has 0 bridgehead atoms. The molecule has 1 aromatic carbocycles. The standard InChI is InChI=1S/C9H9NO4.Na.H/c1-7(11)14-6-8-4-2-3-5-9(8)10(12)13;;/h2-5H,6H2,1H3;;. The quantitative estimate of drug-likeness (QED) is 0.329. The summed E-state index contributed by atoms with van der Waals surface area (Å²) in [5.41, 5.74) is 0.362. The van der Waals surface area contributed by atoms with Gasteiger partial charge in [-0.05, 0) is 6.07 Å². The first-order valence-electron chi connectivity index (χ1n) is 3.97. The van der Waals surface area contributed by atoms with E-state index >= 15 is 0 Å². The number of nitro groups is 1. The van der Waals surface area contributed by atoms with E-state index in [1.54, 1.807) is 18.2 Å². The van der Waals surface area contributed by atoms with Crippen molar-refractivity contribution in [3.63, 3.8) is 0 Å². The zero-order chi connectivity index (χ0) is 10.6. The first kappa shape index (κ1) is 14.1. The van der Waals surface area contributed by atoms with Gasteiger partial charge in [-0.2, -0.15) is 0 Å². The summed E-state index contributed by atoms with van der Waals surface area (Å²) in [6.07, 6.45) is 0. The van der Waals surface area contributed by atoms with E-state index in [2.05, 4.69) is 4.74 Å². The Labute approximate surface area is 109 Å². The van der Waals surface area contributed by atoms with Crippen LogP contribution in [0.15, 0.2) is 24.3 Å². The van der Waals surface area contributed by atoms with E-state index in [-0.39, 0.29) is 41.9 Å². The summed E-state index contributed by atoms with van der Waals surface area (Å²) in [6, 6.07) is 6.15. The molecule has 0 unspecified atom stereocenters. The average molecular weight is 219 g/mol. The SMILES string of the molecule is CC(=O)OCc1ccccc1[N+](=O)[O-].[NaH]. The van der Waals surface area contributed by atoms with Gasteiger partial charge in [0.1, 0.15) is 6.61 Å². The van der Waals surface area contributed by atoms with Gasteiger partial charge in [-0.3, -0.25) is 14.9 Å². The molecule has 0 aliphatic rings. The van der Waals surface area contributed by atoms with Gasteiger partial charge in [-0.1, -0.05) is 12.1 Å². The van der Waals surface area contributed by atoms with Crippen LogP contribution in [-0.2, 0) is 16.1 Å². The van der Waals surface area contributed by atoms with Crippen LogP contribution in [0.5, 0.6) is 0 Å². The fourth-order valence-electron chi connectivity index (χ4n) is 0.990. The van der Waals surface area contributed by atoms with E-state index in [1.165, 1.54) is 13.0 Å². The van der Waals surface area contributed by atoms with Crippen molar-refractivity contribution < 1.29 is 14.5 Å². The summed E-state index contributed by atoms with van der Waals surface area (Å²) in [7, 11) is 0. The minimum atomic E-state index is -0.501. The van der Waals surface area contributed by atoms with Crippen molar-refractivity contribution in [1.29, 1.82) is 0 Å². The second-order valence-corrected chi connectivity index (χ2v) is 2.67. The molecule has 0 aliphatic heterocycles. The van der Waals surface area contributed by atoms with Crippen LogP contribution < -0.4 is 0 Å². The van der Waals surface area contributed by atoms with Gasteiger partial charge in [0.05, 0.1) is 10.5 Å². The van der Waals surface area contributed by atoms with Crippen LogP contribution in [-0.4, -0.2) is 40.4 Å². The molecule has 76 valence electrons. The molecular formula is C9H10NNaO4. The van der Waals surface area contributed by atoms with Gasteiger partial charge in [0.25, 0.3) is 5.69 Å². The van der Waals surface area contributed by atoms with Gasteiger partial charge in [-0.25, -0.2) is 0 Å². The zero-order valence-corrected chi connectivity index (χ0v) is 7.60. The molecule has 0 aromatic heterocycles. The third-order valence-electron chi connectivity index (χ3n) is 1.62. The Balaban J connectivity index is 0.00000196. The van der Waals surface area contributed by atoms with Gasteiger partial charge >= 0.3 is 35.5 Å². The van der Waals surface area contributed by atoms with Crippen LogP contribution in [0.25, 0.3) is 0 Å². The third kappa shape index (κ3) is 4.42. The second kappa shape index (κ2) is 6.55. The van der Waals surface area contributed by atoms with E-state index < -0.39 is 10.9 Å². The molecule has 1 aromatic rings. The van der Waals surface area contributed by atoms with Gasteiger partial charge in [0.2, 0.25) is 0 Å². The summed E-state index contributed by atoms with van der Waals surface area (Å²) in [6.45, 7) is 1.20. The summed E-state index contributed by atoms with van der Waals surface area (Å²) in [5, 5.41) is 10.5. The van der Waals surface area contributed by atoms with Crippen LogP contribution >= 0.6 is 0 Å². The molecule has 15 heavy (non-hydrogen) atoms. The number of rotatable bonds is 3. The summed E-state index contributed by atoms with van der Waals surface area (Å²) in [4.78, 5) is 20.5. The number of nitrogens with zero attached hydrogens (tertiary/aromatic N) is 1. The molecule has 0 fully saturated rings. The summed E-state index contributed by atoms with van der Waals surface area (Å²) in [5.74, 6) is -0.455. The van der Waals surface area contributed by atoms with Crippen LogP contribution in [0.2, 0.25) is 0 Å². The van der Waals surface area contributed by atoms with Crippen molar-refractivity contribution in [2.24, 2.45) is 0 Å². The maximum atomic E-state index is 10.5. The first-order chi connectivity index (χ1) is 6.61. The van der Waals surface area contributed by atoms with E-state index in [1.807, 2.05) is 0 Å². The molecule has 0 N–H and O–H groups in total. The number of para-hydroxylation sites is 1. The Bertz CT molecular complexity index is 367. The molecule has 0 spiro atoms. The van der Waals surface area contributed by atoms with Crippen LogP contribution in [0.1, 0.15) is 12.5 Å². The van der Waals surface area contributed by atoms with Crippen molar-refractivity contribution in [2.75, 3.05) is 0 Å². The molecule has 6 heteroatoms. The van der Waals surface area contributed by atoms with Crippen molar-refractivity contribution in [1.82, 2.24) is 0 Å². The number of nitro benzene ring substituents is 1. The van der Waals surface area contributed by atoms with Gasteiger partial charge in [0, 0.05) is 13.0 Å². The average Bonchev–Trinajstić information content (AvgIpc) is 2.15. The molecule has 0 aliphatic carbocycles. The Kier molecular flexibility index (Phi) is 6.15.